The second-order valence-corrected chi connectivity index (χ2v) is 4.59. The van der Waals surface area contributed by atoms with Gasteiger partial charge in [0.05, 0.1) is 0 Å². The first-order valence-electron chi connectivity index (χ1n) is 4.06. The minimum absolute atomic E-state index is 0.417. The lowest BCUT2D eigenvalue weighted by atomic mass is 10.5. The molecule has 0 amide bonds. The Kier molecular flexibility index (Phi) is 3.07. The second kappa shape index (κ2) is 4.50. The quantitative estimate of drug-likeness (QED) is 0.862. The molecule has 6 heteroatoms. The Balaban J connectivity index is 1.92. The van der Waals surface area contributed by atoms with Gasteiger partial charge in [-0.25, -0.2) is 0 Å². The number of thiophene rings is 1. The highest BCUT2D eigenvalue weighted by Crippen LogP contribution is 2.19. The summed E-state index contributed by atoms with van der Waals surface area (Å²) in [4.78, 5) is 1.18. The van der Waals surface area contributed by atoms with Crippen LogP contribution in [0.1, 0.15) is 9.88 Å². The van der Waals surface area contributed by atoms with Crippen LogP contribution >= 0.6 is 22.7 Å². The molecule has 0 saturated carbocycles. The third-order valence-corrected chi connectivity index (χ3v) is 3.25. The average Bonchev–Trinajstić information content (AvgIpc) is 2.86. The molecule has 0 atom stereocenters. The SMILES string of the molecule is NCc1nnc(OCc2cccs2)s1. The van der Waals surface area contributed by atoms with Crippen LogP contribution in [0.4, 0.5) is 0 Å². The molecule has 14 heavy (non-hydrogen) atoms. The fourth-order valence-corrected chi connectivity index (χ4v) is 2.09. The number of rotatable bonds is 4. The van der Waals surface area contributed by atoms with Crippen LogP contribution < -0.4 is 10.5 Å². The van der Waals surface area contributed by atoms with Crippen LogP contribution in [-0.4, -0.2) is 10.2 Å². The van der Waals surface area contributed by atoms with Gasteiger partial charge in [-0.2, -0.15) is 0 Å². The van der Waals surface area contributed by atoms with Crippen molar-refractivity contribution in [3.05, 3.63) is 27.4 Å². The van der Waals surface area contributed by atoms with Crippen LogP contribution in [-0.2, 0) is 13.2 Å². The van der Waals surface area contributed by atoms with Gasteiger partial charge in [0.15, 0.2) is 0 Å². The highest BCUT2D eigenvalue weighted by atomic mass is 32.1. The lowest BCUT2D eigenvalue weighted by molar-refractivity contribution is 0.305. The van der Waals surface area contributed by atoms with Gasteiger partial charge in [-0.1, -0.05) is 22.5 Å². The van der Waals surface area contributed by atoms with Crippen molar-refractivity contribution in [3.63, 3.8) is 0 Å². The third kappa shape index (κ3) is 2.28. The maximum atomic E-state index is 5.43. The zero-order valence-corrected chi connectivity index (χ0v) is 8.98. The number of ether oxygens (including phenoxy) is 1. The predicted octanol–water partition coefficient (Wildman–Crippen LogP) is 1.64. The van der Waals surface area contributed by atoms with E-state index in [0.29, 0.717) is 18.3 Å². The van der Waals surface area contributed by atoms with E-state index in [0.717, 1.165) is 5.01 Å². The molecule has 74 valence electrons. The Morgan fingerprint density at radius 1 is 1.43 bits per heavy atom. The third-order valence-electron chi connectivity index (χ3n) is 1.54. The van der Waals surface area contributed by atoms with E-state index in [2.05, 4.69) is 10.2 Å². The van der Waals surface area contributed by atoms with Crippen LogP contribution in [0.2, 0.25) is 0 Å². The summed E-state index contributed by atoms with van der Waals surface area (Å²) in [6, 6.07) is 4.02. The molecule has 0 aliphatic heterocycles. The van der Waals surface area contributed by atoms with Gasteiger partial charge in [0.1, 0.15) is 11.6 Å². The van der Waals surface area contributed by atoms with Crippen molar-refractivity contribution in [2.24, 2.45) is 5.73 Å². The first-order valence-corrected chi connectivity index (χ1v) is 5.75. The van der Waals surface area contributed by atoms with Crippen LogP contribution in [0.5, 0.6) is 5.19 Å². The van der Waals surface area contributed by atoms with Gasteiger partial charge in [-0.3, -0.25) is 0 Å². The van der Waals surface area contributed by atoms with Gasteiger partial charge < -0.3 is 10.5 Å². The normalized spacial score (nSPS) is 10.4. The van der Waals surface area contributed by atoms with Crippen LogP contribution in [0.25, 0.3) is 0 Å². The van der Waals surface area contributed by atoms with E-state index in [1.807, 2.05) is 17.5 Å². The topological polar surface area (TPSA) is 61.0 Å². The summed E-state index contributed by atoms with van der Waals surface area (Å²) in [6.07, 6.45) is 0. The van der Waals surface area contributed by atoms with Crippen molar-refractivity contribution < 1.29 is 4.74 Å². The summed E-state index contributed by atoms with van der Waals surface area (Å²) in [5, 5.41) is 11.1. The van der Waals surface area contributed by atoms with Crippen molar-refractivity contribution in [1.82, 2.24) is 10.2 Å². The van der Waals surface area contributed by atoms with Crippen molar-refractivity contribution in [2.75, 3.05) is 0 Å². The molecular formula is C8H9N3OS2. The molecule has 2 heterocycles. The van der Waals surface area contributed by atoms with Crippen LogP contribution in [0.3, 0.4) is 0 Å². The van der Waals surface area contributed by atoms with E-state index < -0.39 is 0 Å². The zero-order chi connectivity index (χ0) is 9.80. The lowest BCUT2D eigenvalue weighted by Gasteiger charge is -1.96. The number of nitrogens with two attached hydrogens (primary N) is 1. The predicted molar refractivity (Wildman–Crippen MR) is 56.5 cm³/mol. The van der Waals surface area contributed by atoms with Gasteiger partial charge in [0, 0.05) is 11.4 Å². The van der Waals surface area contributed by atoms with Crippen LogP contribution in [0, 0.1) is 0 Å². The van der Waals surface area contributed by atoms with Gasteiger partial charge in [0.2, 0.25) is 0 Å². The van der Waals surface area contributed by atoms with Gasteiger partial charge in [0.25, 0.3) is 5.19 Å². The molecule has 0 aromatic carbocycles. The first kappa shape index (κ1) is 9.57. The Labute approximate surface area is 89.4 Å². The van der Waals surface area contributed by atoms with Gasteiger partial charge in [-0.05, 0) is 11.4 Å². The molecule has 0 fully saturated rings. The molecule has 0 aliphatic carbocycles. The first-order chi connectivity index (χ1) is 6.88. The summed E-state index contributed by atoms with van der Waals surface area (Å²) in [6.45, 7) is 0.969. The van der Waals surface area contributed by atoms with E-state index >= 15 is 0 Å². The maximum Gasteiger partial charge on any atom is 0.294 e. The largest absolute Gasteiger partial charge is 0.463 e. The fourth-order valence-electron chi connectivity index (χ4n) is 0.907. The molecule has 2 aromatic heterocycles. The van der Waals surface area contributed by atoms with Gasteiger partial charge >= 0.3 is 0 Å². The fraction of sp³-hybridized carbons (Fsp3) is 0.250. The average molecular weight is 227 g/mol. The minimum Gasteiger partial charge on any atom is -0.463 e. The monoisotopic (exact) mass is 227 g/mol. The molecule has 0 spiro atoms. The molecule has 2 aromatic rings. The molecule has 4 nitrogen and oxygen atoms in total. The molecule has 0 radical (unpaired) electrons. The highest BCUT2D eigenvalue weighted by molar-refractivity contribution is 7.13. The Bertz CT molecular complexity index is 385. The van der Waals surface area contributed by atoms with E-state index in [1.165, 1.54) is 16.2 Å². The Morgan fingerprint density at radius 2 is 2.36 bits per heavy atom. The van der Waals surface area contributed by atoms with Gasteiger partial charge in [-0.15, -0.1) is 16.4 Å². The number of aromatic nitrogens is 2. The molecule has 2 N–H and O–H groups in total. The summed E-state index contributed by atoms with van der Waals surface area (Å²) < 4.78 is 5.43. The van der Waals surface area contributed by atoms with Crippen molar-refractivity contribution in [2.45, 2.75) is 13.2 Å². The Hall–Kier alpha value is -0.980. The summed E-state index contributed by atoms with van der Waals surface area (Å²) in [7, 11) is 0. The number of hydrogen-bond donors (Lipinski definition) is 1. The lowest BCUT2D eigenvalue weighted by Crippen LogP contribution is -1.94. The zero-order valence-electron chi connectivity index (χ0n) is 7.34. The molecular weight excluding hydrogens is 218 g/mol. The van der Waals surface area contributed by atoms with Crippen molar-refractivity contribution in [3.8, 4) is 5.19 Å². The molecule has 0 aliphatic rings. The Morgan fingerprint density at radius 3 is 3.00 bits per heavy atom. The molecule has 0 bridgehead atoms. The molecule has 0 saturated heterocycles. The maximum absolute atomic E-state index is 5.43. The summed E-state index contributed by atoms with van der Waals surface area (Å²) >= 11 is 3.05. The summed E-state index contributed by atoms with van der Waals surface area (Å²) in [5.74, 6) is 0. The van der Waals surface area contributed by atoms with Crippen molar-refractivity contribution >= 4 is 22.7 Å². The van der Waals surface area contributed by atoms with E-state index in [4.69, 9.17) is 10.5 Å². The standard InChI is InChI=1S/C8H9N3OS2/c9-4-7-10-11-8(14-7)12-5-6-2-1-3-13-6/h1-3H,4-5,9H2. The van der Waals surface area contributed by atoms with E-state index in [1.54, 1.807) is 11.3 Å². The minimum atomic E-state index is 0.417. The highest BCUT2D eigenvalue weighted by Gasteiger charge is 2.03. The molecule has 0 unspecified atom stereocenters. The van der Waals surface area contributed by atoms with E-state index in [9.17, 15) is 0 Å². The molecule has 2 rings (SSSR count). The second-order valence-electron chi connectivity index (χ2n) is 2.53. The van der Waals surface area contributed by atoms with Crippen molar-refractivity contribution in [1.29, 1.82) is 0 Å². The smallest absolute Gasteiger partial charge is 0.294 e. The number of hydrogen-bond acceptors (Lipinski definition) is 6. The van der Waals surface area contributed by atoms with Crippen LogP contribution in [0.15, 0.2) is 17.5 Å². The summed E-state index contributed by atoms with van der Waals surface area (Å²) in [5.41, 5.74) is 5.41. The van der Waals surface area contributed by atoms with E-state index in [-0.39, 0.29) is 0 Å². The number of nitrogens with zero attached hydrogens (tertiary/aromatic N) is 2.